The first-order valence-electron chi connectivity index (χ1n) is 5.03. The van der Waals surface area contributed by atoms with Crippen molar-refractivity contribution >= 4 is 5.91 Å². The molecular weight excluding hydrogens is 206 g/mol. The van der Waals surface area contributed by atoms with E-state index in [0.717, 1.165) is 5.56 Å². The highest BCUT2D eigenvalue weighted by atomic mass is 16.5. The standard InChI is InChI=1S/C11H17N3O2/c1-14(11(15)10(12)8-16-2)7-9-4-3-5-13-6-9/h3-6,10H,7-8,12H2,1-2H3. The lowest BCUT2D eigenvalue weighted by atomic mass is 10.2. The normalized spacial score (nSPS) is 12.2. The summed E-state index contributed by atoms with van der Waals surface area (Å²) < 4.78 is 4.84. The van der Waals surface area contributed by atoms with Gasteiger partial charge in [-0.2, -0.15) is 0 Å². The molecule has 16 heavy (non-hydrogen) atoms. The number of hydrogen-bond acceptors (Lipinski definition) is 4. The molecule has 0 radical (unpaired) electrons. The van der Waals surface area contributed by atoms with Gasteiger partial charge in [-0.1, -0.05) is 6.07 Å². The molecule has 1 rings (SSSR count). The van der Waals surface area contributed by atoms with Gasteiger partial charge in [-0.3, -0.25) is 9.78 Å². The van der Waals surface area contributed by atoms with E-state index >= 15 is 0 Å². The van der Waals surface area contributed by atoms with Crippen molar-refractivity contribution in [3.8, 4) is 0 Å². The van der Waals surface area contributed by atoms with Crippen LogP contribution in [-0.2, 0) is 16.1 Å². The molecular formula is C11H17N3O2. The molecule has 88 valence electrons. The summed E-state index contributed by atoms with van der Waals surface area (Å²) in [5.74, 6) is -0.134. The van der Waals surface area contributed by atoms with E-state index in [4.69, 9.17) is 10.5 Å². The van der Waals surface area contributed by atoms with Crippen LogP contribution >= 0.6 is 0 Å². The van der Waals surface area contributed by atoms with Crippen LogP contribution < -0.4 is 5.73 Å². The third-order valence-corrected chi connectivity index (χ3v) is 2.18. The molecule has 0 aliphatic carbocycles. The summed E-state index contributed by atoms with van der Waals surface area (Å²) in [6, 6.07) is 3.15. The number of ether oxygens (including phenoxy) is 1. The number of methoxy groups -OCH3 is 1. The second-order valence-corrected chi connectivity index (χ2v) is 3.62. The molecule has 5 nitrogen and oxygen atoms in total. The van der Waals surface area contributed by atoms with Crippen molar-refractivity contribution in [1.29, 1.82) is 0 Å². The first kappa shape index (κ1) is 12.6. The van der Waals surface area contributed by atoms with E-state index in [1.807, 2.05) is 12.1 Å². The summed E-state index contributed by atoms with van der Waals surface area (Å²) in [7, 11) is 3.24. The van der Waals surface area contributed by atoms with Gasteiger partial charge in [0.1, 0.15) is 6.04 Å². The highest BCUT2D eigenvalue weighted by molar-refractivity contribution is 5.81. The van der Waals surface area contributed by atoms with Crippen LogP contribution in [0.5, 0.6) is 0 Å². The summed E-state index contributed by atoms with van der Waals surface area (Å²) >= 11 is 0. The number of rotatable bonds is 5. The Kier molecular flexibility index (Phi) is 4.88. The average Bonchev–Trinajstić information content (AvgIpc) is 2.29. The van der Waals surface area contributed by atoms with Crippen molar-refractivity contribution in [2.45, 2.75) is 12.6 Å². The molecule has 0 aliphatic heterocycles. The Morgan fingerprint density at radius 3 is 3.00 bits per heavy atom. The number of hydrogen-bond donors (Lipinski definition) is 1. The third-order valence-electron chi connectivity index (χ3n) is 2.18. The summed E-state index contributed by atoms with van der Waals surface area (Å²) in [6.07, 6.45) is 3.42. The maximum absolute atomic E-state index is 11.7. The minimum Gasteiger partial charge on any atom is -0.383 e. The molecule has 1 unspecified atom stereocenters. The van der Waals surface area contributed by atoms with Gasteiger partial charge in [-0.05, 0) is 11.6 Å². The predicted molar refractivity (Wildman–Crippen MR) is 60.6 cm³/mol. The van der Waals surface area contributed by atoms with E-state index in [-0.39, 0.29) is 12.5 Å². The fourth-order valence-electron chi connectivity index (χ4n) is 1.38. The van der Waals surface area contributed by atoms with Gasteiger partial charge in [-0.25, -0.2) is 0 Å². The Hall–Kier alpha value is -1.46. The first-order valence-corrected chi connectivity index (χ1v) is 5.03. The number of nitrogens with zero attached hydrogens (tertiary/aromatic N) is 2. The largest absolute Gasteiger partial charge is 0.383 e. The summed E-state index contributed by atoms with van der Waals surface area (Å²) in [6.45, 7) is 0.736. The van der Waals surface area contributed by atoms with Gasteiger partial charge in [0.05, 0.1) is 6.61 Å². The van der Waals surface area contributed by atoms with Crippen molar-refractivity contribution in [1.82, 2.24) is 9.88 Å². The number of amides is 1. The molecule has 0 aromatic carbocycles. The molecule has 0 saturated heterocycles. The zero-order chi connectivity index (χ0) is 12.0. The highest BCUT2D eigenvalue weighted by Crippen LogP contribution is 2.02. The fourth-order valence-corrected chi connectivity index (χ4v) is 1.38. The van der Waals surface area contributed by atoms with Crippen LogP contribution in [0.25, 0.3) is 0 Å². The van der Waals surface area contributed by atoms with Crippen LogP contribution in [0.4, 0.5) is 0 Å². The van der Waals surface area contributed by atoms with Crippen LogP contribution in [-0.4, -0.2) is 42.6 Å². The van der Waals surface area contributed by atoms with Crippen LogP contribution in [0.2, 0.25) is 0 Å². The zero-order valence-electron chi connectivity index (χ0n) is 9.59. The lowest BCUT2D eigenvalue weighted by Gasteiger charge is -2.20. The van der Waals surface area contributed by atoms with Crippen LogP contribution in [0, 0.1) is 0 Å². The summed E-state index contributed by atoms with van der Waals surface area (Å²) in [5.41, 5.74) is 6.63. The molecule has 1 aromatic rings. The molecule has 1 atom stereocenters. The molecule has 2 N–H and O–H groups in total. The lowest BCUT2D eigenvalue weighted by molar-refractivity contribution is -0.132. The SMILES string of the molecule is COCC(N)C(=O)N(C)Cc1cccnc1. The van der Waals surface area contributed by atoms with Crippen LogP contribution in [0.1, 0.15) is 5.56 Å². The predicted octanol–water partition coefficient (Wildman–Crippen LogP) is 0.0137. The van der Waals surface area contributed by atoms with Gasteiger partial charge in [-0.15, -0.1) is 0 Å². The quantitative estimate of drug-likeness (QED) is 0.763. The van der Waals surface area contributed by atoms with Crippen molar-refractivity contribution in [2.75, 3.05) is 20.8 Å². The van der Waals surface area contributed by atoms with Crippen LogP contribution in [0.3, 0.4) is 0 Å². The van der Waals surface area contributed by atoms with Gasteiger partial charge in [0.2, 0.25) is 5.91 Å². The lowest BCUT2D eigenvalue weighted by Crippen LogP contribution is -2.44. The maximum Gasteiger partial charge on any atom is 0.241 e. The number of pyridine rings is 1. The second-order valence-electron chi connectivity index (χ2n) is 3.62. The van der Waals surface area contributed by atoms with E-state index in [1.165, 1.54) is 7.11 Å². The minimum atomic E-state index is -0.605. The van der Waals surface area contributed by atoms with Crippen molar-refractivity contribution in [3.63, 3.8) is 0 Å². The summed E-state index contributed by atoms with van der Waals surface area (Å²) in [4.78, 5) is 17.3. The van der Waals surface area contributed by atoms with Crippen LogP contribution in [0.15, 0.2) is 24.5 Å². The Bertz CT molecular complexity index is 329. The monoisotopic (exact) mass is 223 g/mol. The number of likely N-dealkylation sites (N-methyl/N-ethyl adjacent to an activating group) is 1. The summed E-state index contributed by atoms with van der Waals surface area (Å²) in [5, 5.41) is 0. The molecule has 0 bridgehead atoms. The van der Waals surface area contributed by atoms with E-state index in [9.17, 15) is 4.79 Å². The van der Waals surface area contributed by atoms with E-state index in [1.54, 1.807) is 24.3 Å². The molecule has 1 amide bonds. The minimum absolute atomic E-state index is 0.134. The molecule has 0 aliphatic rings. The third kappa shape index (κ3) is 3.60. The molecule has 5 heteroatoms. The Morgan fingerprint density at radius 1 is 1.69 bits per heavy atom. The number of carbonyl (C=O) groups is 1. The van der Waals surface area contributed by atoms with Crippen molar-refractivity contribution < 1.29 is 9.53 Å². The van der Waals surface area contributed by atoms with Gasteiger partial charge < -0.3 is 15.4 Å². The van der Waals surface area contributed by atoms with Gasteiger partial charge in [0.25, 0.3) is 0 Å². The number of nitrogens with two attached hydrogens (primary N) is 1. The molecule has 0 saturated carbocycles. The zero-order valence-corrected chi connectivity index (χ0v) is 9.59. The molecule has 0 fully saturated rings. The highest BCUT2D eigenvalue weighted by Gasteiger charge is 2.17. The first-order chi connectivity index (χ1) is 7.65. The van der Waals surface area contributed by atoms with Gasteiger partial charge >= 0.3 is 0 Å². The van der Waals surface area contributed by atoms with Gasteiger partial charge in [0, 0.05) is 33.1 Å². The smallest absolute Gasteiger partial charge is 0.241 e. The van der Waals surface area contributed by atoms with Gasteiger partial charge in [0.15, 0.2) is 0 Å². The van der Waals surface area contributed by atoms with Crippen molar-refractivity contribution in [2.24, 2.45) is 5.73 Å². The molecule has 0 spiro atoms. The Morgan fingerprint density at radius 2 is 2.44 bits per heavy atom. The maximum atomic E-state index is 11.7. The number of carbonyl (C=O) groups excluding carboxylic acids is 1. The Labute approximate surface area is 95.2 Å². The van der Waals surface area contributed by atoms with Crippen molar-refractivity contribution in [3.05, 3.63) is 30.1 Å². The second kappa shape index (κ2) is 6.19. The fraction of sp³-hybridized carbons (Fsp3) is 0.455. The van der Waals surface area contributed by atoms with E-state index < -0.39 is 6.04 Å². The van der Waals surface area contributed by atoms with E-state index in [0.29, 0.717) is 6.54 Å². The molecule has 1 heterocycles. The van der Waals surface area contributed by atoms with E-state index in [2.05, 4.69) is 4.98 Å². The number of aromatic nitrogens is 1. The Balaban J connectivity index is 2.52. The topological polar surface area (TPSA) is 68.5 Å². The molecule has 1 aromatic heterocycles. The average molecular weight is 223 g/mol.